The highest BCUT2D eigenvalue weighted by molar-refractivity contribution is 6.43. The summed E-state index contributed by atoms with van der Waals surface area (Å²) in [7, 11) is 0. The number of aromatic nitrogens is 1. The first kappa shape index (κ1) is 17.2. The fourth-order valence-electron chi connectivity index (χ4n) is 3.24. The van der Waals surface area contributed by atoms with Crippen LogP contribution in [0.3, 0.4) is 0 Å². The second kappa shape index (κ2) is 6.85. The van der Waals surface area contributed by atoms with E-state index in [0.29, 0.717) is 28.0 Å². The fraction of sp³-hybridized carbons (Fsp3) is 0.200. The molecule has 4 rings (SSSR count). The van der Waals surface area contributed by atoms with Gasteiger partial charge in [0.1, 0.15) is 18.2 Å². The first-order chi connectivity index (χ1) is 13.0. The van der Waals surface area contributed by atoms with E-state index in [2.05, 4.69) is 4.98 Å². The summed E-state index contributed by atoms with van der Waals surface area (Å²) in [5.74, 6) is -1.83. The van der Waals surface area contributed by atoms with E-state index in [4.69, 9.17) is 14.2 Å². The number of aromatic amines is 1. The molecule has 0 saturated carbocycles. The maximum Gasteiger partial charge on any atom is 0.380 e. The fourth-order valence-corrected chi connectivity index (χ4v) is 3.24. The standard InChI is InChI=1S/C20H16FNO5/c1-11-17(15-4-2-3-5-16(15)22-11)18(23)20(24)26-9-13-7-14(21)6-12-8-25-10-27-19(12)13/h2-7,22H,8-10H2,1H3. The minimum absolute atomic E-state index is 0.0348. The maximum absolute atomic E-state index is 13.8. The van der Waals surface area contributed by atoms with Gasteiger partial charge in [0.25, 0.3) is 5.78 Å². The highest BCUT2D eigenvalue weighted by Crippen LogP contribution is 2.30. The van der Waals surface area contributed by atoms with Crippen LogP contribution >= 0.6 is 0 Å². The normalized spacial score (nSPS) is 13.1. The van der Waals surface area contributed by atoms with Gasteiger partial charge in [-0.3, -0.25) is 4.79 Å². The number of H-pyrrole nitrogens is 1. The number of rotatable bonds is 4. The number of halogens is 1. The second-order valence-corrected chi connectivity index (χ2v) is 6.24. The van der Waals surface area contributed by atoms with E-state index in [1.165, 1.54) is 12.1 Å². The van der Waals surface area contributed by atoms with Crippen LogP contribution in [0.4, 0.5) is 4.39 Å². The van der Waals surface area contributed by atoms with Gasteiger partial charge in [0.2, 0.25) is 0 Å². The molecular weight excluding hydrogens is 353 g/mol. The number of benzene rings is 2. The largest absolute Gasteiger partial charge is 0.467 e. The first-order valence-corrected chi connectivity index (χ1v) is 8.35. The van der Waals surface area contributed by atoms with Gasteiger partial charge in [-0.1, -0.05) is 18.2 Å². The summed E-state index contributed by atoms with van der Waals surface area (Å²) in [5.41, 5.74) is 2.51. The molecule has 0 spiro atoms. The molecule has 0 amide bonds. The van der Waals surface area contributed by atoms with Crippen molar-refractivity contribution < 1.29 is 28.2 Å². The Balaban J connectivity index is 1.56. The van der Waals surface area contributed by atoms with Gasteiger partial charge in [-0.25, -0.2) is 9.18 Å². The molecule has 2 heterocycles. The van der Waals surface area contributed by atoms with Crippen LogP contribution in [0.25, 0.3) is 10.9 Å². The van der Waals surface area contributed by atoms with Crippen molar-refractivity contribution >= 4 is 22.7 Å². The summed E-state index contributed by atoms with van der Waals surface area (Å²) < 4.78 is 29.4. The Labute approximate surface area is 153 Å². The number of fused-ring (bicyclic) bond motifs is 2. The number of aryl methyl sites for hydroxylation is 1. The van der Waals surface area contributed by atoms with Gasteiger partial charge in [-0.15, -0.1) is 0 Å². The predicted octanol–water partition coefficient (Wildman–Crippen LogP) is 3.41. The molecule has 138 valence electrons. The van der Waals surface area contributed by atoms with E-state index in [0.717, 1.165) is 5.52 Å². The average molecular weight is 369 g/mol. The van der Waals surface area contributed by atoms with Crippen LogP contribution in [0.2, 0.25) is 0 Å². The van der Waals surface area contributed by atoms with Crippen LogP contribution < -0.4 is 4.74 Å². The maximum atomic E-state index is 13.8. The zero-order valence-electron chi connectivity index (χ0n) is 14.5. The van der Waals surface area contributed by atoms with E-state index in [1.807, 2.05) is 12.1 Å². The number of ether oxygens (including phenoxy) is 3. The van der Waals surface area contributed by atoms with Gasteiger partial charge in [0.15, 0.2) is 6.79 Å². The number of carbonyl (C=O) groups is 2. The molecule has 1 aromatic heterocycles. The Morgan fingerprint density at radius 3 is 2.93 bits per heavy atom. The van der Waals surface area contributed by atoms with Crippen molar-refractivity contribution in [1.82, 2.24) is 4.98 Å². The van der Waals surface area contributed by atoms with Crippen molar-refractivity contribution in [1.29, 1.82) is 0 Å². The number of esters is 1. The van der Waals surface area contributed by atoms with Crippen molar-refractivity contribution in [2.75, 3.05) is 6.79 Å². The Morgan fingerprint density at radius 1 is 1.26 bits per heavy atom. The molecule has 0 atom stereocenters. The minimum Gasteiger partial charge on any atom is -0.467 e. The van der Waals surface area contributed by atoms with Crippen LogP contribution in [0.5, 0.6) is 5.75 Å². The van der Waals surface area contributed by atoms with Gasteiger partial charge < -0.3 is 19.2 Å². The molecule has 27 heavy (non-hydrogen) atoms. The van der Waals surface area contributed by atoms with Crippen molar-refractivity contribution in [2.24, 2.45) is 0 Å². The van der Waals surface area contributed by atoms with Gasteiger partial charge in [-0.05, 0) is 25.1 Å². The molecule has 3 aromatic rings. The third-order valence-electron chi connectivity index (χ3n) is 4.42. The highest BCUT2D eigenvalue weighted by Gasteiger charge is 2.25. The highest BCUT2D eigenvalue weighted by atomic mass is 19.1. The van der Waals surface area contributed by atoms with E-state index in [9.17, 15) is 14.0 Å². The number of nitrogens with one attached hydrogen (secondary N) is 1. The minimum atomic E-state index is -1.01. The molecule has 0 bridgehead atoms. The second-order valence-electron chi connectivity index (χ2n) is 6.24. The van der Waals surface area contributed by atoms with Gasteiger partial charge in [0, 0.05) is 27.7 Å². The number of ketones is 1. The molecular formula is C20H16FNO5. The summed E-state index contributed by atoms with van der Waals surface area (Å²) in [6.07, 6.45) is 0. The van der Waals surface area contributed by atoms with Crippen molar-refractivity contribution in [3.63, 3.8) is 0 Å². The molecule has 0 unspecified atom stereocenters. The van der Waals surface area contributed by atoms with Gasteiger partial charge in [-0.2, -0.15) is 0 Å². The molecule has 0 radical (unpaired) electrons. The van der Waals surface area contributed by atoms with E-state index >= 15 is 0 Å². The van der Waals surface area contributed by atoms with Gasteiger partial charge >= 0.3 is 5.97 Å². The summed E-state index contributed by atoms with van der Waals surface area (Å²) >= 11 is 0. The average Bonchev–Trinajstić information content (AvgIpc) is 3.00. The number of hydrogen-bond donors (Lipinski definition) is 1. The topological polar surface area (TPSA) is 77.6 Å². The lowest BCUT2D eigenvalue weighted by molar-refractivity contribution is -0.139. The lowest BCUT2D eigenvalue weighted by atomic mass is 10.1. The van der Waals surface area contributed by atoms with Crippen LogP contribution in [-0.4, -0.2) is 23.5 Å². The Bertz CT molecular complexity index is 1060. The molecule has 0 saturated heterocycles. The molecule has 0 aliphatic carbocycles. The lowest BCUT2D eigenvalue weighted by Crippen LogP contribution is -2.19. The van der Waals surface area contributed by atoms with Crippen LogP contribution in [0.1, 0.15) is 27.2 Å². The Morgan fingerprint density at radius 2 is 2.07 bits per heavy atom. The van der Waals surface area contributed by atoms with Crippen LogP contribution in [-0.2, 0) is 27.5 Å². The van der Waals surface area contributed by atoms with Crippen molar-refractivity contribution in [3.05, 3.63) is 64.6 Å². The van der Waals surface area contributed by atoms with Gasteiger partial charge in [0.05, 0.1) is 12.2 Å². The molecule has 1 aliphatic heterocycles. The molecule has 1 aliphatic rings. The molecule has 2 aromatic carbocycles. The first-order valence-electron chi connectivity index (χ1n) is 8.35. The van der Waals surface area contributed by atoms with Crippen LogP contribution in [0.15, 0.2) is 36.4 Å². The van der Waals surface area contributed by atoms with E-state index in [-0.39, 0.29) is 25.6 Å². The predicted molar refractivity (Wildman–Crippen MR) is 93.8 cm³/mol. The SMILES string of the molecule is Cc1[nH]c2ccccc2c1C(=O)C(=O)OCc1cc(F)cc2c1OCOC2. The van der Waals surface area contributed by atoms with E-state index < -0.39 is 17.6 Å². The summed E-state index contributed by atoms with van der Waals surface area (Å²) in [6, 6.07) is 9.73. The molecule has 7 heteroatoms. The van der Waals surface area contributed by atoms with Crippen molar-refractivity contribution in [3.8, 4) is 5.75 Å². The van der Waals surface area contributed by atoms with Crippen molar-refractivity contribution in [2.45, 2.75) is 20.1 Å². The molecule has 0 fully saturated rings. The monoisotopic (exact) mass is 369 g/mol. The lowest BCUT2D eigenvalue weighted by Gasteiger charge is -2.20. The smallest absolute Gasteiger partial charge is 0.380 e. The zero-order valence-corrected chi connectivity index (χ0v) is 14.5. The third kappa shape index (κ3) is 3.17. The number of hydrogen-bond acceptors (Lipinski definition) is 5. The summed E-state index contributed by atoms with van der Waals surface area (Å²) in [6.45, 7) is 1.69. The third-order valence-corrected chi connectivity index (χ3v) is 4.42. The Kier molecular flexibility index (Phi) is 4.37. The van der Waals surface area contributed by atoms with Crippen LogP contribution in [0, 0.1) is 12.7 Å². The molecule has 1 N–H and O–H groups in total. The number of Topliss-reactive ketones (excluding diaryl/α,β-unsaturated/α-hetero) is 1. The van der Waals surface area contributed by atoms with E-state index in [1.54, 1.807) is 19.1 Å². The quantitative estimate of drug-likeness (QED) is 0.433. The Hall–Kier alpha value is -3.19. The number of para-hydroxylation sites is 1. The molecule has 6 nitrogen and oxygen atoms in total. The number of carbonyl (C=O) groups excluding carboxylic acids is 2. The summed E-state index contributed by atoms with van der Waals surface area (Å²) in [5, 5.41) is 0.653. The zero-order chi connectivity index (χ0) is 19.0. The summed E-state index contributed by atoms with van der Waals surface area (Å²) in [4.78, 5) is 28.0.